The minimum Gasteiger partial charge on any atom is -0.293 e. The Balaban J connectivity index is 1.59. The minimum atomic E-state index is -0.379. The first-order valence-corrected chi connectivity index (χ1v) is 12.4. The first-order chi connectivity index (χ1) is 15.5. The highest BCUT2D eigenvalue weighted by atomic mass is 32.2. The van der Waals surface area contributed by atoms with Gasteiger partial charge in [0.25, 0.3) is 5.56 Å². The first kappa shape index (κ1) is 21.1. The molecule has 2 aromatic heterocycles. The Hall–Kier alpha value is -2.77. The molecule has 0 N–H and O–H groups in total. The Morgan fingerprint density at radius 2 is 1.81 bits per heavy atom. The van der Waals surface area contributed by atoms with Gasteiger partial charge in [0.2, 0.25) is 0 Å². The maximum atomic E-state index is 13.7. The summed E-state index contributed by atoms with van der Waals surface area (Å²) >= 11 is 2.85. The van der Waals surface area contributed by atoms with Gasteiger partial charge in [-0.3, -0.25) is 14.2 Å². The topological polar surface area (TPSA) is 52.0 Å². The van der Waals surface area contributed by atoms with Gasteiger partial charge in [0, 0.05) is 10.4 Å². The Morgan fingerprint density at radius 1 is 1.09 bits per heavy atom. The molecule has 0 saturated carbocycles. The molecule has 0 aliphatic heterocycles. The lowest BCUT2D eigenvalue weighted by Crippen LogP contribution is -2.22. The Labute approximate surface area is 193 Å². The summed E-state index contributed by atoms with van der Waals surface area (Å²) in [6, 6.07) is 13.3. The van der Waals surface area contributed by atoms with E-state index in [9.17, 15) is 14.0 Å². The van der Waals surface area contributed by atoms with E-state index in [4.69, 9.17) is 4.98 Å². The van der Waals surface area contributed by atoms with Crippen LogP contribution in [0.25, 0.3) is 15.9 Å². The van der Waals surface area contributed by atoms with Crippen LogP contribution >= 0.6 is 23.1 Å². The van der Waals surface area contributed by atoms with E-state index in [2.05, 4.69) is 0 Å². The maximum absolute atomic E-state index is 13.7. The molecule has 0 saturated heterocycles. The van der Waals surface area contributed by atoms with Gasteiger partial charge in [0.1, 0.15) is 10.6 Å². The lowest BCUT2D eigenvalue weighted by Gasteiger charge is -2.13. The second-order valence-corrected chi connectivity index (χ2v) is 10.0. The van der Waals surface area contributed by atoms with Crippen LogP contribution in [0.5, 0.6) is 0 Å². The molecule has 0 atom stereocenters. The molecule has 0 bridgehead atoms. The minimum absolute atomic E-state index is 0.0741. The van der Waals surface area contributed by atoms with Gasteiger partial charge in [0.15, 0.2) is 10.9 Å². The molecule has 4 aromatic rings. The van der Waals surface area contributed by atoms with E-state index < -0.39 is 0 Å². The van der Waals surface area contributed by atoms with Gasteiger partial charge < -0.3 is 0 Å². The Bertz CT molecular complexity index is 1370. The molecule has 32 heavy (non-hydrogen) atoms. The van der Waals surface area contributed by atoms with Crippen molar-refractivity contribution >= 4 is 39.1 Å². The molecular weight excluding hydrogens is 443 g/mol. The van der Waals surface area contributed by atoms with Crippen LogP contribution in [0, 0.1) is 12.7 Å². The number of fused-ring (bicyclic) bond motifs is 3. The molecule has 0 amide bonds. The number of aromatic nitrogens is 2. The van der Waals surface area contributed by atoms with Crippen molar-refractivity contribution < 1.29 is 9.18 Å². The molecule has 4 nitrogen and oxygen atoms in total. The van der Waals surface area contributed by atoms with Gasteiger partial charge in [-0.05, 0) is 74.6 Å². The van der Waals surface area contributed by atoms with Crippen LogP contribution in [0.1, 0.15) is 39.2 Å². The molecule has 7 heteroatoms. The fraction of sp³-hybridized carbons (Fsp3) is 0.240. The predicted octanol–water partition coefficient (Wildman–Crippen LogP) is 5.75. The van der Waals surface area contributed by atoms with Crippen molar-refractivity contribution in [3.8, 4) is 5.69 Å². The standard InChI is InChI=1S/C25H21FN2O2S2/c1-15-6-12-18(13-7-15)28-24(30)22-19-4-2-3-5-21(19)32-23(22)27-25(28)31-14-20(29)16-8-10-17(26)11-9-16/h6-13H,2-5,14H2,1H3. The number of hydrogen-bond donors (Lipinski definition) is 0. The van der Waals surface area contributed by atoms with E-state index in [0.717, 1.165) is 52.7 Å². The molecule has 0 spiro atoms. The van der Waals surface area contributed by atoms with E-state index in [1.165, 1.54) is 40.9 Å². The number of rotatable bonds is 5. The molecule has 1 aliphatic carbocycles. The quantitative estimate of drug-likeness (QED) is 0.214. The van der Waals surface area contributed by atoms with Crippen molar-refractivity contribution in [2.24, 2.45) is 0 Å². The molecular formula is C25H21FN2O2S2. The van der Waals surface area contributed by atoms with Gasteiger partial charge in [-0.2, -0.15) is 0 Å². The lowest BCUT2D eigenvalue weighted by molar-refractivity contribution is 0.102. The molecule has 2 heterocycles. The van der Waals surface area contributed by atoms with Crippen LogP contribution in [0.4, 0.5) is 4.39 Å². The summed E-state index contributed by atoms with van der Waals surface area (Å²) in [5.41, 5.74) is 3.35. The monoisotopic (exact) mass is 464 g/mol. The third-order valence-electron chi connectivity index (χ3n) is 5.75. The number of nitrogens with zero attached hydrogens (tertiary/aromatic N) is 2. The number of hydrogen-bond acceptors (Lipinski definition) is 5. The molecule has 0 radical (unpaired) electrons. The molecule has 2 aromatic carbocycles. The Kier molecular flexibility index (Phi) is 5.69. The number of thioether (sulfide) groups is 1. The average Bonchev–Trinajstić information content (AvgIpc) is 3.17. The zero-order valence-electron chi connectivity index (χ0n) is 17.6. The van der Waals surface area contributed by atoms with Crippen LogP contribution in [0.15, 0.2) is 58.5 Å². The molecule has 162 valence electrons. The first-order valence-electron chi connectivity index (χ1n) is 10.6. The summed E-state index contributed by atoms with van der Waals surface area (Å²) in [6.07, 6.45) is 4.13. The zero-order valence-corrected chi connectivity index (χ0v) is 19.2. The van der Waals surface area contributed by atoms with Crippen LogP contribution in [-0.2, 0) is 12.8 Å². The van der Waals surface area contributed by atoms with Crippen molar-refractivity contribution in [2.45, 2.75) is 37.8 Å². The van der Waals surface area contributed by atoms with Gasteiger partial charge in [0.05, 0.1) is 16.8 Å². The summed E-state index contributed by atoms with van der Waals surface area (Å²) in [5, 5.41) is 1.22. The number of thiophene rings is 1. The SMILES string of the molecule is Cc1ccc(-n2c(SCC(=O)c3ccc(F)cc3)nc3sc4c(c3c2=O)CCCC4)cc1. The Morgan fingerprint density at radius 3 is 2.56 bits per heavy atom. The highest BCUT2D eigenvalue weighted by Gasteiger charge is 2.23. The van der Waals surface area contributed by atoms with Crippen molar-refractivity contribution in [3.63, 3.8) is 0 Å². The summed E-state index contributed by atoms with van der Waals surface area (Å²) in [6.45, 7) is 2.00. The van der Waals surface area contributed by atoms with Crippen LogP contribution < -0.4 is 5.56 Å². The van der Waals surface area contributed by atoms with Crippen molar-refractivity contribution in [3.05, 3.63) is 86.3 Å². The largest absolute Gasteiger partial charge is 0.293 e. The number of Topliss-reactive ketones (excluding diaryl/α,β-unsaturated/α-hetero) is 1. The molecule has 0 unspecified atom stereocenters. The van der Waals surface area contributed by atoms with E-state index >= 15 is 0 Å². The zero-order chi connectivity index (χ0) is 22.2. The third-order valence-corrected chi connectivity index (χ3v) is 7.87. The molecule has 1 aliphatic rings. The van der Waals surface area contributed by atoms with E-state index in [-0.39, 0.29) is 22.9 Å². The van der Waals surface area contributed by atoms with Crippen LogP contribution in [0.2, 0.25) is 0 Å². The van der Waals surface area contributed by atoms with Gasteiger partial charge in [-0.1, -0.05) is 29.5 Å². The number of ketones is 1. The van der Waals surface area contributed by atoms with E-state index in [1.54, 1.807) is 15.9 Å². The highest BCUT2D eigenvalue weighted by molar-refractivity contribution is 7.99. The van der Waals surface area contributed by atoms with Crippen molar-refractivity contribution in [2.75, 3.05) is 5.75 Å². The molecule has 5 rings (SSSR count). The van der Waals surface area contributed by atoms with Crippen LogP contribution in [0.3, 0.4) is 0 Å². The summed E-state index contributed by atoms with van der Waals surface area (Å²) in [7, 11) is 0. The summed E-state index contributed by atoms with van der Waals surface area (Å²) < 4.78 is 14.8. The predicted molar refractivity (Wildman–Crippen MR) is 128 cm³/mol. The normalized spacial score (nSPS) is 13.3. The van der Waals surface area contributed by atoms with Gasteiger partial charge >= 0.3 is 0 Å². The number of carbonyl (C=O) groups is 1. The van der Waals surface area contributed by atoms with Gasteiger partial charge in [-0.25, -0.2) is 9.37 Å². The second kappa shape index (κ2) is 8.64. The average molecular weight is 465 g/mol. The maximum Gasteiger partial charge on any atom is 0.267 e. The number of aryl methyl sites for hydroxylation is 3. The third kappa shape index (κ3) is 3.91. The number of halogens is 1. The highest BCUT2D eigenvalue weighted by Crippen LogP contribution is 2.35. The fourth-order valence-electron chi connectivity index (χ4n) is 4.05. The number of carbonyl (C=O) groups excluding carboxylic acids is 1. The fourth-order valence-corrected chi connectivity index (χ4v) is 6.26. The number of benzene rings is 2. The van der Waals surface area contributed by atoms with E-state index in [1.807, 2.05) is 31.2 Å². The van der Waals surface area contributed by atoms with Crippen LogP contribution in [-0.4, -0.2) is 21.1 Å². The van der Waals surface area contributed by atoms with Gasteiger partial charge in [-0.15, -0.1) is 11.3 Å². The van der Waals surface area contributed by atoms with Crippen molar-refractivity contribution in [1.29, 1.82) is 0 Å². The second-order valence-electron chi connectivity index (χ2n) is 7.98. The lowest BCUT2D eigenvalue weighted by atomic mass is 9.97. The van der Waals surface area contributed by atoms with E-state index in [0.29, 0.717) is 10.7 Å². The molecule has 0 fully saturated rings. The van der Waals surface area contributed by atoms with Crippen molar-refractivity contribution in [1.82, 2.24) is 9.55 Å². The summed E-state index contributed by atoms with van der Waals surface area (Å²) in [4.78, 5) is 33.2. The summed E-state index contributed by atoms with van der Waals surface area (Å²) in [5.74, 6) is -0.401. The smallest absolute Gasteiger partial charge is 0.267 e.